The predicted molar refractivity (Wildman–Crippen MR) is 90.9 cm³/mol. The number of ether oxygens (including phenoxy) is 1. The Morgan fingerprint density at radius 3 is 2.74 bits per heavy atom. The van der Waals surface area contributed by atoms with Gasteiger partial charge in [-0.05, 0) is 18.4 Å². The van der Waals surface area contributed by atoms with Gasteiger partial charge in [-0.2, -0.15) is 0 Å². The maximum atomic E-state index is 5.09. The van der Waals surface area contributed by atoms with Gasteiger partial charge >= 0.3 is 0 Å². The predicted octanol–water partition coefficient (Wildman–Crippen LogP) is 2.77. The third kappa shape index (κ3) is 4.50. The molecule has 0 spiro atoms. The molecular weight excluding hydrogens is 288 g/mol. The van der Waals surface area contributed by atoms with Crippen LogP contribution in [0.3, 0.4) is 0 Å². The van der Waals surface area contributed by atoms with Crippen LogP contribution in [0, 0.1) is 0 Å². The Morgan fingerprint density at radius 1 is 1.22 bits per heavy atom. The van der Waals surface area contributed by atoms with Gasteiger partial charge in [-0.3, -0.25) is 4.90 Å². The summed E-state index contributed by atoms with van der Waals surface area (Å²) < 4.78 is 7.10. The molecule has 1 saturated heterocycles. The molecule has 2 heterocycles. The summed E-state index contributed by atoms with van der Waals surface area (Å²) in [5.74, 6) is 0. The second-order valence-electron chi connectivity index (χ2n) is 5.97. The molecule has 0 atom stereocenters. The maximum Gasteiger partial charge on any atom is 0.108 e. The lowest BCUT2D eigenvalue weighted by molar-refractivity contribution is 0.181. The molecule has 0 N–H and O–H groups in total. The third-order valence-electron chi connectivity index (χ3n) is 4.25. The molecule has 5 nitrogen and oxygen atoms in total. The number of aromatic nitrogens is 3. The maximum absolute atomic E-state index is 5.09. The molecule has 23 heavy (non-hydrogen) atoms. The van der Waals surface area contributed by atoms with E-state index < -0.39 is 0 Å². The van der Waals surface area contributed by atoms with Crippen molar-refractivity contribution in [3.63, 3.8) is 0 Å². The van der Waals surface area contributed by atoms with Gasteiger partial charge in [0.05, 0.1) is 18.8 Å². The van der Waals surface area contributed by atoms with Crippen LogP contribution < -0.4 is 0 Å². The van der Waals surface area contributed by atoms with Crippen molar-refractivity contribution >= 4 is 6.08 Å². The Bertz CT molecular complexity index is 615. The van der Waals surface area contributed by atoms with Crippen molar-refractivity contribution in [1.82, 2.24) is 19.9 Å². The Labute approximate surface area is 137 Å². The highest BCUT2D eigenvalue weighted by Crippen LogP contribution is 2.21. The number of hydrogen-bond acceptors (Lipinski definition) is 4. The van der Waals surface area contributed by atoms with Crippen molar-refractivity contribution in [2.24, 2.45) is 0 Å². The van der Waals surface area contributed by atoms with Crippen molar-refractivity contribution in [2.75, 3.05) is 26.7 Å². The van der Waals surface area contributed by atoms with Crippen molar-refractivity contribution in [2.45, 2.75) is 25.5 Å². The SMILES string of the molecule is COCc1cn(C2CCN(C/C=C/c3ccccc3)CC2)nn1. The van der Waals surface area contributed by atoms with Crippen LogP contribution in [0.1, 0.15) is 30.1 Å². The zero-order valence-corrected chi connectivity index (χ0v) is 13.6. The highest BCUT2D eigenvalue weighted by Gasteiger charge is 2.20. The van der Waals surface area contributed by atoms with Crippen LogP contribution in [0.4, 0.5) is 0 Å². The minimum Gasteiger partial charge on any atom is -0.378 e. The molecule has 0 aliphatic carbocycles. The lowest BCUT2D eigenvalue weighted by Crippen LogP contribution is -2.34. The van der Waals surface area contributed by atoms with E-state index in [1.807, 2.05) is 16.9 Å². The second-order valence-corrected chi connectivity index (χ2v) is 5.97. The highest BCUT2D eigenvalue weighted by atomic mass is 16.5. The van der Waals surface area contributed by atoms with Crippen molar-refractivity contribution in [3.05, 3.63) is 53.9 Å². The Balaban J connectivity index is 1.45. The zero-order valence-electron chi connectivity index (χ0n) is 13.6. The monoisotopic (exact) mass is 312 g/mol. The second kappa shape index (κ2) is 8.04. The average Bonchev–Trinajstić information content (AvgIpc) is 3.06. The molecule has 1 aromatic carbocycles. The van der Waals surface area contributed by atoms with Crippen LogP contribution in [0.15, 0.2) is 42.6 Å². The van der Waals surface area contributed by atoms with E-state index >= 15 is 0 Å². The van der Waals surface area contributed by atoms with Crippen molar-refractivity contribution < 1.29 is 4.74 Å². The number of benzene rings is 1. The molecule has 0 radical (unpaired) electrons. The molecule has 1 aromatic heterocycles. The fourth-order valence-corrected chi connectivity index (χ4v) is 2.97. The number of likely N-dealkylation sites (tertiary alicyclic amines) is 1. The summed E-state index contributed by atoms with van der Waals surface area (Å²) in [7, 11) is 1.68. The number of rotatable bonds is 6. The summed E-state index contributed by atoms with van der Waals surface area (Å²) in [5, 5.41) is 8.39. The van der Waals surface area contributed by atoms with Gasteiger partial charge in [0.25, 0.3) is 0 Å². The molecule has 1 aliphatic heterocycles. The first-order chi connectivity index (χ1) is 11.3. The van der Waals surface area contributed by atoms with E-state index in [0.29, 0.717) is 12.6 Å². The van der Waals surface area contributed by atoms with Gasteiger partial charge in [0.1, 0.15) is 5.69 Å². The van der Waals surface area contributed by atoms with Crippen LogP contribution in [-0.2, 0) is 11.3 Å². The minimum atomic E-state index is 0.461. The number of nitrogens with zero attached hydrogens (tertiary/aromatic N) is 4. The van der Waals surface area contributed by atoms with Gasteiger partial charge in [0.2, 0.25) is 0 Å². The Kier molecular flexibility index (Phi) is 5.56. The summed E-state index contributed by atoms with van der Waals surface area (Å²) in [6, 6.07) is 10.9. The molecule has 5 heteroatoms. The summed E-state index contributed by atoms with van der Waals surface area (Å²) in [5.41, 5.74) is 2.16. The van der Waals surface area contributed by atoms with Crippen molar-refractivity contribution in [1.29, 1.82) is 0 Å². The lowest BCUT2D eigenvalue weighted by Gasteiger charge is -2.30. The van der Waals surface area contributed by atoms with Crippen LogP contribution in [0.2, 0.25) is 0 Å². The fraction of sp³-hybridized carbons (Fsp3) is 0.444. The quantitative estimate of drug-likeness (QED) is 0.822. The van der Waals surface area contributed by atoms with Crippen LogP contribution in [0.5, 0.6) is 0 Å². The summed E-state index contributed by atoms with van der Waals surface area (Å²) in [6.45, 7) is 3.74. The van der Waals surface area contributed by atoms with Gasteiger partial charge < -0.3 is 4.74 Å². The molecule has 0 amide bonds. The standard InChI is InChI=1S/C18H24N4O/c1-23-15-17-14-22(20-19-17)18-9-12-21(13-10-18)11-5-8-16-6-3-2-4-7-16/h2-8,14,18H,9-13,15H2,1H3/b8-5+. The molecular formula is C18H24N4O. The fourth-order valence-electron chi connectivity index (χ4n) is 2.97. The third-order valence-corrected chi connectivity index (χ3v) is 4.25. The van der Waals surface area contributed by atoms with Gasteiger partial charge in [-0.15, -0.1) is 5.10 Å². The number of hydrogen-bond donors (Lipinski definition) is 0. The first-order valence-electron chi connectivity index (χ1n) is 8.19. The molecule has 0 unspecified atom stereocenters. The number of piperidine rings is 1. The van der Waals surface area contributed by atoms with E-state index in [9.17, 15) is 0 Å². The molecule has 1 aliphatic rings. The molecule has 3 rings (SSSR count). The van der Waals surface area contributed by atoms with Crippen LogP contribution >= 0.6 is 0 Å². The van der Waals surface area contributed by atoms with E-state index in [4.69, 9.17) is 4.74 Å². The van der Waals surface area contributed by atoms with E-state index in [2.05, 4.69) is 51.6 Å². The Hall–Kier alpha value is -1.98. The first-order valence-corrected chi connectivity index (χ1v) is 8.19. The molecule has 0 bridgehead atoms. The van der Waals surface area contributed by atoms with Gasteiger partial charge in [0.15, 0.2) is 0 Å². The van der Waals surface area contributed by atoms with E-state index in [1.54, 1.807) is 7.11 Å². The first kappa shape index (κ1) is 15.9. The molecule has 0 saturated carbocycles. The minimum absolute atomic E-state index is 0.461. The molecule has 2 aromatic rings. The zero-order chi connectivity index (χ0) is 15.9. The number of methoxy groups -OCH3 is 1. The van der Waals surface area contributed by atoms with Crippen LogP contribution in [0.25, 0.3) is 6.08 Å². The topological polar surface area (TPSA) is 43.2 Å². The van der Waals surface area contributed by atoms with Crippen molar-refractivity contribution in [3.8, 4) is 0 Å². The lowest BCUT2D eigenvalue weighted by atomic mass is 10.1. The molecule has 1 fully saturated rings. The summed E-state index contributed by atoms with van der Waals surface area (Å²) >= 11 is 0. The van der Waals surface area contributed by atoms with Gasteiger partial charge in [-0.1, -0.05) is 47.7 Å². The van der Waals surface area contributed by atoms with E-state index in [1.165, 1.54) is 5.56 Å². The van der Waals surface area contributed by atoms with Gasteiger partial charge in [0, 0.05) is 26.7 Å². The highest BCUT2D eigenvalue weighted by molar-refractivity contribution is 5.48. The van der Waals surface area contributed by atoms with Crippen LogP contribution in [-0.4, -0.2) is 46.6 Å². The summed E-state index contributed by atoms with van der Waals surface area (Å²) in [4.78, 5) is 2.49. The van der Waals surface area contributed by atoms with E-state index in [0.717, 1.165) is 38.2 Å². The normalized spacial score (nSPS) is 17.1. The summed E-state index contributed by atoms with van der Waals surface area (Å²) in [6.07, 6.45) is 8.70. The largest absolute Gasteiger partial charge is 0.378 e. The van der Waals surface area contributed by atoms with E-state index in [-0.39, 0.29) is 0 Å². The van der Waals surface area contributed by atoms with Gasteiger partial charge in [-0.25, -0.2) is 4.68 Å². The smallest absolute Gasteiger partial charge is 0.108 e. The average molecular weight is 312 g/mol. The Morgan fingerprint density at radius 2 is 2.00 bits per heavy atom. The molecule has 122 valence electrons.